The van der Waals surface area contributed by atoms with Gasteiger partial charge >= 0.3 is 0 Å². The van der Waals surface area contributed by atoms with Gasteiger partial charge in [-0.3, -0.25) is 10.1 Å². The van der Waals surface area contributed by atoms with E-state index in [-0.39, 0.29) is 11.7 Å². The summed E-state index contributed by atoms with van der Waals surface area (Å²) in [5.41, 5.74) is 1.91. The maximum Gasteiger partial charge on any atom is 0.293 e. The second-order valence-electron chi connectivity index (χ2n) is 6.18. The summed E-state index contributed by atoms with van der Waals surface area (Å²) in [6, 6.07) is 16.6. The van der Waals surface area contributed by atoms with Crippen LogP contribution in [0.2, 0.25) is 10.0 Å². The Bertz CT molecular complexity index is 1170. The number of nitrogens with one attached hydrogen (secondary N) is 1. The predicted molar refractivity (Wildman–Crippen MR) is 121 cm³/mol. The van der Waals surface area contributed by atoms with Crippen LogP contribution in [0, 0.1) is 0 Å². The van der Waals surface area contributed by atoms with E-state index in [0.29, 0.717) is 20.9 Å². The van der Waals surface area contributed by atoms with Gasteiger partial charge in [-0.25, -0.2) is 4.98 Å². The third kappa shape index (κ3) is 4.90. The van der Waals surface area contributed by atoms with Gasteiger partial charge in [0.1, 0.15) is 5.76 Å². The van der Waals surface area contributed by atoms with E-state index in [1.807, 2.05) is 12.1 Å². The highest BCUT2D eigenvalue weighted by Gasteiger charge is 2.15. The third-order valence-corrected chi connectivity index (χ3v) is 6.28. The molecule has 0 aliphatic carbocycles. The van der Waals surface area contributed by atoms with Crippen molar-refractivity contribution in [3.8, 4) is 11.3 Å². The van der Waals surface area contributed by atoms with E-state index in [1.165, 1.54) is 16.9 Å². The van der Waals surface area contributed by atoms with Gasteiger partial charge in [-0.15, -0.1) is 11.3 Å². The monoisotopic (exact) mass is 506 g/mol. The van der Waals surface area contributed by atoms with Crippen molar-refractivity contribution in [2.45, 2.75) is 6.42 Å². The largest absolute Gasteiger partial charge is 0.451 e. The number of rotatable bonds is 5. The quantitative estimate of drug-likeness (QED) is 0.308. The molecule has 0 fully saturated rings. The topological polar surface area (TPSA) is 55.1 Å². The van der Waals surface area contributed by atoms with Crippen molar-refractivity contribution in [2.75, 3.05) is 5.32 Å². The zero-order chi connectivity index (χ0) is 20.4. The fraction of sp³-hybridized carbons (Fsp3) is 0.0476. The Morgan fingerprint density at radius 3 is 2.62 bits per heavy atom. The smallest absolute Gasteiger partial charge is 0.293 e. The number of carbonyl (C=O) groups is 1. The Morgan fingerprint density at radius 1 is 1.07 bits per heavy atom. The van der Waals surface area contributed by atoms with E-state index in [0.717, 1.165) is 21.3 Å². The molecule has 1 amide bonds. The van der Waals surface area contributed by atoms with Crippen molar-refractivity contribution in [1.29, 1.82) is 0 Å². The number of nitrogens with zero attached hydrogens (tertiary/aromatic N) is 1. The number of furan rings is 1. The van der Waals surface area contributed by atoms with Crippen LogP contribution < -0.4 is 5.32 Å². The Hall–Kier alpha value is -2.12. The number of hydrogen-bond donors (Lipinski definition) is 1. The molecule has 4 aromatic rings. The minimum atomic E-state index is -0.360. The molecule has 0 saturated heterocycles. The van der Waals surface area contributed by atoms with Crippen molar-refractivity contribution in [1.82, 2.24) is 4.98 Å². The van der Waals surface area contributed by atoms with Gasteiger partial charge in [0.05, 0.1) is 10.0 Å². The van der Waals surface area contributed by atoms with Gasteiger partial charge < -0.3 is 4.42 Å². The summed E-state index contributed by atoms with van der Waals surface area (Å²) in [7, 11) is 0. The fourth-order valence-corrected chi connectivity index (χ4v) is 4.08. The van der Waals surface area contributed by atoms with Crippen molar-refractivity contribution in [2.24, 2.45) is 0 Å². The summed E-state index contributed by atoms with van der Waals surface area (Å²) < 4.78 is 6.71. The second-order valence-corrected chi connectivity index (χ2v) is 9.03. The molecule has 2 aromatic heterocycles. The summed E-state index contributed by atoms with van der Waals surface area (Å²) in [4.78, 5) is 17.8. The molecule has 0 radical (unpaired) electrons. The first kappa shape index (κ1) is 20.2. The van der Waals surface area contributed by atoms with E-state index < -0.39 is 0 Å². The Kier molecular flexibility index (Phi) is 6.06. The lowest BCUT2D eigenvalue weighted by Gasteiger charge is -2.01. The average Bonchev–Trinajstić information content (AvgIpc) is 3.36. The number of amides is 1. The molecule has 2 aromatic carbocycles. The lowest BCUT2D eigenvalue weighted by Crippen LogP contribution is -2.10. The summed E-state index contributed by atoms with van der Waals surface area (Å²) in [5.74, 6) is 0.361. The van der Waals surface area contributed by atoms with Gasteiger partial charge in [0, 0.05) is 27.5 Å². The van der Waals surface area contributed by atoms with E-state index in [4.69, 9.17) is 27.6 Å². The minimum Gasteiger partial charge on any atom is -0.451 e. The lowest BCUT2D eigenvalue weighted by atomic mass is 10.1. The molecule has 0 atom stereocenters. The molecule has 8 heteroatoms. The van der Waals surface area contributed by atoms with Gasteiger partial charge in [-0.05, 0) is 48.0 Å². The molecular weight excluding hydrogens is 495 g/mol. The van der Waals surface area contributed by atoms with Gasteiger partial charge in [0.2, 0.25) is 0 Å². The van der Waals surface area contributed by atoms with Gasteiger partial charge in [-0.2, -0.15) is 0 Å². The van der Waals surface area contributed by atoms with E-state index >= 15 is 0 Å². The average molecular weight is 508 g/mol. The van der Waals surface area contributed by atoms with Crippen LogP contribution in [-0.4, -0.2) is 10.9 Å². The first-order valence-corrected chi connectivity index (χ1v) is 10.9. The normalized spacial score (nSPS) is 10.9. The molecule has 0 saturated carbocycles. The number of carbonyl (C=O) groups excluding carboxylic acids is 1. The minimum absolute atomic E-state index is 0.190. The molecule has 4 nitrogen and oxygen atoms in total. The lowest BCUT2D eigenvalue weighted by molar-refractivity contribution is 0.0997. The van der Waals surface area contributed by atoms with E-state index in [2.05, 4.69) is 38.4 Å². The van der Waals surface area contributed by atoms with Gasteiger partial charge in [0.15, 0.2) is 10.9 Å². The molecule has 29 heavy (non-hydrogen) atoms. The highest BCUT2D eigenvalue weighted by atomic mass is 79.9. The zero-order valence-corrected chi connectivity index (χ0v) is 18.7. The number of anilines is 1. The number of aromatic nitrogens is 1. The summed E-state index contributed by atoms with van der Waals surface area (Å²) in [6.45, 7) is 0. The maximum absolute atomic E-state index is 12.5. The predicted octanol–water partition coefficient (Wildman–Crippen LogP) is 7.32. The van der Waals surface area contributed by atoms with Crippen molar-refractivity contribution in [3.05, 3.63) is 91.5 Å². The zero-order valence-electron chi connectivity index (χ0n) is 14.8. The van der Waals surface area contributed by atoms with E-state index in [1.54, 1.807) is 36.5 Å². The Labute approximate surface area is 189 Å². The molecule has 4 rings (SSSR count). The second kappa shape index (κ2) is 8.71. The molecular formula is C21H13BrCl2N2O2S. The molecule has 2 heterocycles. The van der Waals surface area contributed by atoms with Gasteiger partial charge in [-0.1, -0.05) is 51.3 Å². The number of hydrogen-bond acceptors (Lipinski definition) is 4. The first-order valence-electron chi connectivity index (χ1n) is 8.54. The molecule has 0 bridgehead atoms. The van der Waals surface area contributed by atoms with Crippen LogP contribution in [0.25, 0.3) is 11.3 Å². The molecule has 0 unspecified atom stereocenters. The van der Waals surface area contributed by atoms with Crippen LogP contribution in [-0.2, 0) is 6.42 Å². The SMILES string of the molecule is O=C(Nc1ncc(Cc2ccc(Br)cc2)s1)c1ccc(-c2ccc(Cl)c(Cl)c2)o1. The Morgan fingerprint density at radius 2 is 1.86 bits per heavy atom. The van der Waals surface area contributed by atoms with Crippen molar-refractivity contribution < 1.29 is 9.21 Å². The molecule has 1 N–H and O–H groups in total. The van der Waals surface area contributed by atoms with Crippen LogP contribution >= 0.6 is 50.5 Å². The molecule has 0 aliphatic heterocycles. The van der Waals surface area contributed by atoms with E-state index in [9.17, 15) is 4.79 Å². The Balaban J connectivity index is 1.43. The standard InChI is InChI=1S/C21H13BrCl2N2O2S/c22-14-4-1-12(2-5-14)9-15-11-25-21(29-15)26-20(27)19-8-7-18(28-19)13-3-6-16(23)17(24)10-13/h1-8,10-11H,9H2,(H,25,26,27). The fourth-order valence-electron chi connectivity index (χ4n) is 2.67. The van der Waals surface area contributed by atoms with Gasteiger partial charge in [0.25, 0.3) is 5.91 Å². The highest BCUT2D eigenvalue weighted by Crippen LogP contribution is 2.30. The number of halogens is 3. The van der Waals surface area contributed by atoms with Crippen LogP contribution in [0.5, 0.6) is 0 Å². The van der Waals surface area contributed by atoms with Crippen LogP contribution in [0.15, 0.2) is 69.7 Å². The number of benzene rings is 2. The number of thiazole rings is 1. The molecule has 0 aliphatic rings. The summed E-state index contributed by atoms with van der Waals surface area (Å²) >= 11 is 16.8. The highest BCUT2D eigenvalue weighted by molar-refractivity contribution is 9.10. The summed E-state index contributed by atoms with van der Waals surface area (Å²) in [6.07, 6.45) is 2.52. The molecule has 0 spiro atoms. The third-order valence-electron chi connectivity index (χ3n) is 4.10. The van der Waals surface area contributed by atoms with Crippen molar-refractivity contribution in [3.63, 3.8) is 0 Å². The first-order chi connectivity index (χ1) is 14.0. The maximum atomic E-state index is 12.5. The van der Waals surface area contributed by atoms with Crippen molar-refractivity contribution >= 4 is 61.5 Å². The van der Waals surface area contributed by atoms with Crippen LogP contribution in [0.4, 0.5) is 5.13 Å². The molecule has 146 valence electrons. The van der Waals surface area contributed by atoms with Crippen LogP contribution in [0.1, 0.15) is 21.0 Å². The van der Waals surface area contributed by atoms with Crippen LogP contribution in [0.3, 0.4) is 0 Å². The summed E-state index contributed by atoms with van der Waals surface area (Å²) in [5, 5.41) is 4.19.